The Morgan fingerprint density at radius 3 is 1.52 bits per heavy atom. The van der Waals surface area contributed by atoms with Gasteiger partial charge in [0.2, 0.25) is 29.5 Å². The minimum Gasteiger partial charge on any atom is -0.481 e. The van der Waals surface area contributed by atoms with Crippen molar-refractivity contribution in [1.29, 1.82) is 0 Å². The van der Waals surface area contributed by atoms with Crippen LogP contribution in [0.15, 0.2) is 0 Å². The summed E-state index contributed by atoms with van der Waals surface area (Å²) in [6.45, 7) is 3.13. The highest BCUT2D eigenvalue weighted by atomic mass is 32.2. The molecule has 0 saturated heterocycles. The molecule has 0 rings (SSSR count). The number of carboxylic acids is 2. The average molecular weight is 637 g/mol. The van der Waals surface area contributed by atoms with Crippen molar-refractivity contribution in [3.63, 3.8) is 0 Å². The predicted molar refractivity (Wildman–Crippen MR) is 159 cm³/mol. The third kappa shape index (κ3) is 15.8. The molecule has 0 aromatic heterocycles. The Bertz CT molecular complexity index is 953. The smallest absolute Gasteiger partial charge is 0.326 e. The van der Waals surface area contributed by atoms with Crippen molar-refractivity contribution in [3.05, 3.63) is 0 Å². The minimum atomic E-state index is -1.45. The van der Waals surface area contributed by atoms with E-state index < -0.39 is 84.0 Å². The van der Waals surface area contributed by atoms with Crippen LogP contribution in [0.2, 0.25) is 0 Å². The van der Waals surface area contributed by atoms with Crippen LogP contribution in [0.4, 0.5) is 0 Å². The van der Waals surface area contributed by atoms with Gasteiger partial charge in [0, 0.05) is 12.8 Å². The Kier molecular flexibility index (Phi) is 19.3. The van der Waals surface area contributed by atoms with Crippen molar-refractivity contribution in [2.75, 3.05) is 24.0 Å². The first-order chi connectivity index (χ1) is 19.6. The summed E-state index contributed by atoms with van der Waals surface area (Å²) in [6.07, 6.45) is 2.73. The van der Waals surface area contributed by atoms with Gasteiger partial charge in [-0.2, -0.15) is 23.5 Å². The van der Waals surface area contributed by atoms with Gasteiger partial charge in [-0.1, -0.05) is 13.8 Å². The van der Waals surface area contributed by atoms with E-state index in [-0.39, 0.29) is 25.7 Å². The third-order valence-corrected chi connectivity index (χ3v) is 7.32. The SMILES string of the molecule is CSCC[C@H](NC(=O)[C@@H](N)CCSC)C(=O)N[C@@H](CCC(=O)O)C(=O)N[C@@H](CCC(N)=O)C(=O)N[C@H](C(=O)O)C(C)C. The maximum atomic E-state index is 13.2. The predicted octanol–water partition coefficient (Wildman–Crippen LogP) is -1.37. The number of rotatable bonds is 22. The number of nitrogens with two attached hydrogens (primary N) is 2. The van der Waals surface area contributed by atoms with Crippen LogP contribution in [0.5, 0.6) is 0 Å². The van der Waals surface area contributed by atoms with Gasteiger partial charge in [-0.05, 0) is 55.6 Å². The summed E-state index contributed by atoms with van der Waals surface area (Å²) in [5.74, 6) is -5.92. The van der Waals surface area contributed by atoms with E-state index in [1.54, 1.807) is 20.1 Å². The van der Waals surface area contributed by atoms with E-state index in [1.165, 1.54) is 23.5 Å². The van der Waals surface area contributed by atoms with Crippen LogP contribution < -0.4 is 32.7 Å². The molecule has 0 saturated carbocycles. The molecule has 0 aromatic carbocycles. The molecule has 42 heavy (non-hydrogen) atoms. The fourth-order valence-electron chi connectivity index (χ4n) is 3.56. The zero-order chi connectivity index (χ0) is 32.4. The molecule has 5 atom stereocenters. The molecule has 10 N–H and O–H groups in total. The molecular weight excluding hydrogens is 592 g/mol. The largest absolute Gasteiger partial charge is 0.481 e. The highest BCUT2D eigenvalue weighted by Crippen LogP contribution is 2.08. The van der Waals surface area contributed by atoms with Gasteiger partial charge in [-0.3, -0.25) is 28.8 Å². The van der Waals surface area contributed by atoms with E-state index in [0.29, 0.717) is 17.9 Å². The third-order valence-electron chi connectivity index (χ3n) is 6.04. The molecule has 0 bridgehead atoms. The van der Waals surface area contributed by atoms with Crippen LogP contribution in [0, 0.1) is 5.92 Å². The average Bonchev–Trinajstić information content (AvgIpc) is 2.91. The molecule has 0 radical (unpaired) electrons. The second-order valence-corrected chi connectivity index (χ2v) is 11.8. The van der Waals surface area contributed by atoms with Crippen molar-refractivity contribution in [3.8, 4) is 0 Å². The molecular formula is C25H44N6O9S2. The lowest BCUT2D eigenvalue weighted by Gasteiger charge is -2.26. The minimum absolute atomic E-state index is 0.191. The Morgan fingerprint density at radius 1 is 0.667 bits per heavy atom. The lowest BCUT2D eigenvalue weighted by atomic mass is 10.0. The van der Waals surface area contributed by atoms with Crippen LogP contribution in [0.3, 0.4) is 0 Å². The fourth-order valence-corrected chi connectivity index (χ4v) is 4.52. The van der Waals surface area contributed by atoms with Gasteiger partial charge in [-0.15, -0.1) is 0 Å². The summed E-state index contributed by atoms with van der Waals surface area (Å²) in [5.41, 5.74) is 11.1. The van der Waals surface area contributed by atoms with Crippen LogP contribution in [0.1, 0.15) is 52.4 Å². The van der Waals surface area contributed by atoms with Crippen LogP contribution >= 0.6 is 23.5 Å². The normalized spacial score (nSPS) is 14.5. The maximum Gasteiger partial charge on any atom is 0.326 e. The summed E-state index contributed by atoms with van der Waals surface area (Å²) in [5, 5.41) is 28.3. The van der Waals surface area contributed by atoms with E-state index in [2.05, 4.69) is 21.3 Å². The van der Waals surface area contributed by atoms with E-state index in [9.17, 15) is 43.8 Å². The Hall–Kier alpha value is -3.05. The molecule has 0 unspecified atom stereocenters. The summed E-state index contributed by atoms with van der Waals surface area (Å²) >= 11 is 2.92. The monoisotopic (exact) mass is 636 g/mol. The van der Waals surface area contributed by atoms with Crippen LogP contribution in [-0.4, -0.2) is 106 Å². The van der Waals surface area contributed by atoms with Crippen molar-refractivity contribution >= 4 is 65.0 Å². The number of hydrogen-bond donors (Lipinski definition) is 8. The van der Waals surface area contributed by atoms with E-state index in [4.69, 9.17) is 11.5 Å². The number of aliphatic carboxylic acids is 2. The molecule has 15 nitrogen and oxygen atoms in total. The molecule has 0 aromatic rings. The second kappa shape index (κ2) is 20.8. The molecule has 0 aliphatic carbocycles. The second-order valence-electron chi connectivity index (χ2n) is 9.86. The molecule has 0 heterocycles. The number of thioether (sulfide) groups is 2. The number of carbonyl (C=O) groups is 7. The molecule has 0 fully saturated rings. The van der Waals surface area contributed by atoms with Crippen molar-refractivity contribution in [2.45, 2.75) is 82.6 Å². The number of nitrogens with one attached hydrogen (secondary N) is 4. The Morgan fingerprint density at radius 2 is 1.10 bits per heavy atom. The quantitative estimate of drug-likeness (QED) is 0.0684. The highest BCUT2D eigenvalue weighted by molar-refractivity contribution is 7.98. The maximum absolute atomic E-state index is 13.2. The lowest BCUT2D eigenvalue weighted by molar-refractivity contribution is -0.143. The summed E-state index contributed by atoms with van der Waals surface area (Å²) in [6, 6.07) is -6.11. The topological polar surface area (TPSA) is 260 Å². The molecule has 0 spiro atoms. The number of carbonyl (C=O) groups excluding carboxylic acids is 5. The van der Waals surface area contributed by atoms with Crippen molar-refractivity contribution in [2.24, 2.45) is 17.4 Å². The zero-order valence-corrected chi connectivity index (χ0v) is 26.0. The molecule has 0 aliphatic rings. The molecule has 17 heteroatoms. The zero-order valence-electron chi connectivity index (χ0n) is 24.3. The van der Waals surface area contributed by atoms with E-state index >= 15 is 0 Å². The number of primary amides is 1. The first-order valence-corrected chi connectivity index (χ1v) is 16.1. The first-order valence-electron chi connectivity index (χ1n) is 13.3. The number of hydrogen-bond acceptors (Lipinski definition) is 10. The van der Waals surface area contributed by atoms with Crippen molar-refractivity contribution < 1.29 is 43.8 Å². The summed E-state index contributed by atoms with van der Waals surface area (Å²) < 4.78 is 0. The molecule has 240 valence electrons. The fraction of sp³-hybridized carbons (Fsp3) is 0.720. The van der Waals surface area contributed by atoms with Crippen LogP contribution in [-0.2, 0) is 33.6 Å². The number of carboxylic acid groups (broad SMARTS) is 2. The molecule has 0 aliphatic heterocycles. The van der Waals surface area contributed by atoms with Gasteiger partial charge in [0.05, 0.1) is 6.04 Å². The van der Waals surface area contributed by atoms with E-state index in [1.807, 2.05) is 6.26 Å². The van der Waals surface area contributed by atoms with Crippen LogP contribution in [0.25, 0.3) is 0 Å². The molecule has 5 amide bonds. The highest BCUT2D eigenvalue weighted by Gasteiger charge is 2.32. The van der Waals surface area contributed by atoms with Crippen molar-refractivity contribution in [1.82, 2.24) is 21.3 Å². The summed E-state index contributed by atoms with van der Waals surface area (Å²) in [7, 11) is 0. The summed E-state index contributed by atoms with van der Waals surface area (Å²) in [4.78, 5) is 86.1. The van der Waals surface area contributed by atoms with Gasteiger partial charge < -0.3 is 42.9 Å². The van der Waals surface area contributed by atoms with E-state index in [0.717, 1.165) is 0 Å². The van der Waals surface area contributed by atoms with Gasteiger partial charge in [0.25, 0.3) is 0 Å². The number of amides is 5. The van der Waals surface area contributed by atoms with Gasteiger partial charge >= 0.3 is 11.9 Å². The van der Waals surface area contributed by atoms with Gasteiger partial charge in [0.1, 0.15) is 24.2 Å². The van der Waals surface area contributed by atoms with Gasteiger partial charge in [-0.25, -0.2) is 4.79 Å². The first kappa shape index (κ1) is 39.0. The Balaban J connectivity index is 5.93. The standard InChI is InChI=1S/C25H44N6O9S2/c1-13(2)20(25(39)40)31-24(38)15(5-7-18(27)32)29-22(36)16(6-8-19(33)34)30-23(37)17(10-12-42-4)28-21(35)14(26)9-11-41-3/h13-17,20H,5-12,26H2,1-4H3,(H2,27,32)(H,28,35)(H,29,36)(H,30,37)(H,31,38)(H,33,34)(H,39,40)/t14-,15-,16-,17-,20-/m0/s1. The lowest BCUT2D eigenvalue weighted by Crippen LogP contribution is -2.59. The Labute approximate surface area is 253 Å². The van der Waals surface area contributed by atoms with Gasteiger partial charge in [0.15, 0.2) is 0 Å².